The number of amides is 1. The molecule has 2 N–H and O–H groups in total. The van der Waals surface area contributed by atoms with Crippen LogP contribution in [0, 0.1) is 11.8 Å². The molecule has 1 aromatic heterocycles. The number of aromatic nitrogens is 2. The van der Waals surface area contributed by atoms with Gasteiger partial charge in [-0.2, -0.15) is 0 Å². The van der Waals surface area contributed by atoms with Gasteiger partial charge in [-0.05, 0) is 37.5 Å². The van der Waals surface area contributed by atoms with Crippen molar-refractivity contribution < 1.29 is 4.79 Å². The van der Waals surface area contributed by atoms with Crippen molar-refractivity contribution in [2.75, 3.05) is 6.54 Å². The molecule has 2 saturated carbocycles. The highest BCUT2D eigenvalue weighted by molar-refractivity contribution is 5.80. The molecular formula is C16H22N4O. The van der Waals surface area contributed by atoms with Crippen molar-refractivity contribution in [3.63, 3.8) is 0 Å². The van der Waals surface area contributed by atoms with Crippen molar-refractivity contribution in [1.29, 1.82) is 0 Å². The lowest BCUT2D eigenvalue weighted by Crippen LogP contribution is -2.43. The summed E-state index contributed by atoms with van der Waals surface area (Å²) in [7, 11) is 0. The van der Waals surface area contributed by atoms with Gasteiger partial charge in [0, 0.05) is 37.0 Å². The predicted molar refractivity (Wildman–Crippen MR) is 78.2 cm³/mol. The van der Waals surface area contributed by atoms with Gasteiger partial charge in [-0.15, -0.1) is 0 Å². The van der Waals surface area contributed by atoms with Crippen LogP contribution in [0.4, 0.5) is 0 Å². The van der Waals surface area contributed by atoms with Crippen LogP contribution in [0.2, 0.25) is 0 Å². The molecule has 3 unspecified atom stereocenters. The number of nitrogens with two attached hydrogens (primary N) is 1. The van der Waals surface area contributed by atoms with E-state index in [2.05, 4.69) is 14.9 Å². The first-order valence-electron chi connectivity index (χ1n) is 8.06. The lowest BCUT2D eigenvalue weighted by Gasteiger charge is -2.24. The number of carbonyl (C=O) groups is 1. The lowest BCUT2D eigenvalue weighted by molar-refractivity contribution is -0.123. The average molecular weight is 286 g/mol. The summed E-state index contributed by atoms with van der Waals surface area (Å²) in [6, 6.07) is -0.0967. The highest BCUT2D eigenvalue weighted by Crippen LogP contribution is 2.42. The van der Waals surface area contributed by atoms with E-state index in [-0.39, 0.29) is 11.9 Å². The summed E-state index contributed by atoms with van der Waals surface area (Å²) in [4.78, 5) is 23.0. The lowest BCUT2D eigenvalue weighted by atomic mass is 9.94. The predicted octanol–water partition coefficient (Wildman–Crippen LogP) is 1.44. The molecular weight excluding hydrogens is 264 g/mol. The fourth-order valence-electron chi connectivity index (χ4n) is 4.18. The Labute approximate surface area is 124 Å². The smallest absolute Gasteiger partial charge is 0.235 e. The topological polar surface area (TPSA) is 72.1 Å². The van der Waals surface area contributed by atoms with Crippen LogP contribution in [0.15, 0.2) is 12.4 Å². The van der Waals surface area contributed by atoms with Crippen molar-refractivity contribution in [2.45, 2.75) is 50.6 Å². The summed E-state index contributed by atoms with van der Waals surface area (Å²) in [6.45, 7) is 1.73. The second kappa shape index (κ2) is 5.05. The van der Waals surface area contributed by atoms with Gasteiger partial charge in [-0.25, -0.2) is 9.97 Å². The molecule has 0 bridgehead atoms. The highest BCUT2D eigenvalue weighted by Gasteiger charge is 2.46. The van der Waals surface area contributed by atoms with E-state index in [9.17, 15) is 4.79 Å². The summed E-state index contributed by atoms with van der Waals surface area (Å²) in [6.07, 6.45) is 9.91. The van der Waals surface area contributed by atoms with E-state index in [1.165, 1.54) is 25.7 Å². The van der Waals surface area contributed by atoms with E-state index < -0.39 is 0 Å². The summed E-state index contributed by atoms with van der Waals surface area (Å²) in [5, 5.41) is 0. The van der Waals surface area contributed by atoms with Crippen molar-refractivity contribution in [2.24, 2.45) is 17.6 Å². The second-order valence-electron chi connectivity index (χ2n) is 6.86. The summed E-state index contributed by atoms with van der Waals surface area (Å²) in [5.74, 6) is 2.51. The Morgan fingerprint density at radius 2 is 2.00 bits per heavy atom. The number of nitrogens with zero attached hydrogens (tertiary/aromatic N) is 3. The van der Waals surface area contributed by atoms with Crippen molar-refractivity contribution in [3.05, 3.63) is 23.8 Å². The number of hydrogen-bond donors (Lipinski definition) is 1. The molecule has 3 fully saturated rings. The number of hydrogen-bond acceptors (Lipinski definition) is 4. The normalized spacial score (nSPS) is 32.3. The molecule has 1 aromatic rings. The van der Waals surface area contributed by atoms with Gasteiger partial charge < -0.3 is 5.73 Å². The zero-order valence-corrected chi connectivity index (χ0v) is 12.2. The summed E-state index contributed by atoms with van der Waals surface area (Å²) >= 11 is 0. The molecule has 112 valence electrons. The van der Waals surface area contributed by atoms with Crippen LogP contribution in [0.1, 0.15) is 49.4 Å². The van der Waals surface area contributed by atoms with Crippen molar-refractivity contribution in [3.8, 4) is 0 Å². The van der Waals surface area contributed by atoms with Crippen LogP contribution >= 0.6 is 0 Å². The molecule has 4 rings (SSSR count). The SMILES string of the molecule is NC(=O)C1C2CCCC2CN1Cc1cnc(C2CC2)nc1. The third-order valence-corrected chi connectivity index (χ3v) is 5.33. The zero-order valence-electron chi connectivity index (χ0n) is 12.2. The van der Waals surface area contributed by atoms with Gasteiger partial charge in [-0.1, -0.05) is 6.42 Å². The number of rotatable bonds is 4. The van der Waals surface area contributed by atoms with Crippen LogP contribution in [0.25, 0.3) is 0 Å². The molecule has 1 amide bonds. The Balaban J connectivity index is 1.48. The van der Waals surface area contributed by atoms with Gasteiger partial charge in [0.05, 0.1) is 6.04 Å². The molecule has 3 atom stereocenters. The van der Waals surface area contributed by atoms with Crippen LogP contribution < -0.4 is 5.73 Å². The largest absolute Gasteiger partial charge is 0.368 e. The maximum absolute atomic E-state index is 11.8. The summed E-state index contributed by atoms with van der Waals surface area (Å²) in [5.41, 5.74) is 6.75. The van der Waals surface area contributed by atoms with Crippen molar-refractivity contribution in [1.82, 2.24) is 14.9 Å². The van der Waals surface area contributed by atoms with E-state index in [0.29, 0.717) is 17.8 Å². The van der Waals surface area contributed by atoms with E-state index in [1.807, 2.05) is 12.4 Å². The first-order chi connectivity index (χ1) is 10.2. The second-order valence-corrected chi connectivity index (χ2v) is 6.86. The molecule has 0 aromatic carbocycles. The maximum Gasteiger partial charge on any atom is 0.235 e. The van der Waals surface area contributed by atoms with Crippen LogP contribution in [-0.4, -0.2) is 33.4 Å². The first-order valence-corrected chi connectivity index (χ1v) is 8.06. The molecule has 5 nitrogen and oxygen atoms in total. The van der Waals surface area contributed by atoms with Gasteiger partial charge in [0.15, 0.2) is 0 Å². The minimum Gasteiger partial charge on any atom is -0.368 e. The van der Waals surface area contributed by atoms with E-state index in [1.54, 1.807) is 0 Å². The van der Waals surface area contributed by atoms with Gasteiger partial charge in [-0.3, -0.25) is 9.69 Å². The molecule has 2 heterocycles. The van der Waals surface area contributed by atoms with E-state index in [0.717, 1.165) is 30.9 Å². The minimum atomic E-state index is -0.167. The van der Waals surface area contributed by atoms with E-state index >= 15 is 0 Å². The third-order valence-electron chi connectivity index (χ3n) is 5.33. The molecule has 3 aliphatic rings. The van der Waals surface area contributed by atoms with Crippen LogP contribution in [0.3, 0.4) is 0 Å². The molecule has 21 heavy (non-hydrogen) atoms. The van der Waals surface area contributed by atoms with Crippen LogP contribution in [0.5, 0.6) is 0 Å². The molecule has 2 aliphatic carbocycles. The maximum atomic E-state index is 11.8. The number of primary amides is 1. The highest BCUT2D eigenvalue weighted by atomic mass is 16.1. The van der Waals surface area contributed by atoms with Gasteiger partial charge in [0.1, 0.15) is 5.82 Å². The third kappa shape index (κ3) is 2.44. The summed E-state index contributed by atoms with van der Waals surface area (Å²) < 4.78 is 0. The number of fused-ring (bicyclic) bond motifs is 1. The Kier molecular flexibility index (Phi) is 3.17. The Morgan fingerprint density at radius 3 is 2.67 bits per heavy atom. The molecule has 5 heteroatoms. The quantitative estimate of drug-likeness (QED) is 0.909. The number of likely N-dealkylation sites (tertiary alicyclic amines) is 1. The Morgan fingerprint density at radius 1 is 1.24 bits per heavy atom. The number of carbonyl (C=O) groups excluding carboxylic acids is 1. The van der Waals surface area contributed by atoms with Crippen molar-refractivity contribution >= 4 is 5.91 Å². The molecule has 0 radical (unpaired) electrons. The zero-order chi connectivity index (χ0) is 14.4. The van der Waals surface area contributed by atoms with Gasteiger partial charge in [0.25, 0.3) is 0 Å². The molecule has 0 spiro atoms. The molecule has 1 aliphatic heterocycles. The fraction of sp³-hybridized carbons (Fsp3) is 0.688. The Hall–Kier alpha value is -1.49. The van der Waals surface area contributed by atoms with Crippen LogP contribution in [-0.2, 0) is 11.3 Å². The van der Waals surface area contributed by atoms with E-state index in [4.69, 9.17) is 5.73 Å². The minimum absolute atomic E-state index is 0.0967. The monoisotopic (exact) mass is 286 g/mol. The fourth-order valence-corrected chi connectivity index (χ4v) is 4.18. The van der Waals surface area contributed by atoms with Gasteiger partial charge >= 0.3 is 0 Å². The Bertz CT molecular complexity index is 540. The molecule has 1 saturated heterocycles. The average Bonchev–Trinajstić information content (AvgIpc) is 3.11. The van der Waals surface area contributed by atoms with Gasteiger partial charge in [0.2, 0.25) is 5.91 Å². The standard InChI is InChI=1S/C16H22N4O/c17-15(21)14-13-3-1-2-12(13)9-20(14)8-10-6-18-16(19-7-10)11-4-5-11/h6-7,11-14H,1-5,8-9H2,(H2,17,21). The first kappa shape index (κ1) is 13.2.